The van der Waals surface area contributed by atoms with Gasteiger partial charge in [-0.2, -0.15) is 0 Å². The number of hydrogen-bond donors (Lipinski definition) is 0. The summed E-state index contributed by atoms with van der Waals surface area (Å²) in [4.78, 5) is 11.5. The molecule has 0 aromatic carbocycles. The molecule has 0 aromatic rings. The minimum Gasteiger partial charge on any atom is -0.295 e. The number of Topliss-reactive ketones (excluding diaryl/α,β-unsaturated/α-hetero) is 1. The molecule has 0 bridgehead atoms. The van der Waals surface area contributed by atoms with Gasteiger partial charge >= 0.3 is 0 Å². The van der Waals surface area contributed by atoms with Gasteiger partial charge in [0.2, 0.25) is 0 Å². The molecule has 0 aromatic heterocycles. The van der Waals surface area contributed by atoms with Crippen LogP contribution in [0.25, 0.3) is 0 Å². The number of allylic oxidation sites excluding steroid dienone is 2. The zero-order valence-corrected chi connectivity index (χ0v) is 8.44. The summed E-state index contributed by atoms with van der Waals surface area (Å²) in [6.45, 7) is 2.03. The van der Waals surface area contributed by atoms with Crippen molar-refractivity contribution in [2.24, 2.45) is 5.92 Å². The Morgan fingerprint density at radius 1 is 1.15 bits per heavy atom. The van der Waals surface area contributed by atoms with Gasteiger partial charge in [0.05, 0.1) is 0 Å². The minimum atomic E-state index is 0.418. The summed E-state index contributed by atoms with van der Waals surface area (Å²) in [7, 11) is 0. The lowest BCUT2D eigenvalue weighted by Gasteiger charge is -2.17. The molecule has 2 aliphatic rings. The fourth-order valence-corrected chi connectivity index (χ4v) is 2.71. The molecular formula is C12H18O. The fourth-order valence-electron chi connectivity index (χ4n) is 2.71. The Morgan fingerprint density at radius 3 is 2.77 bits per heavy atom. The second-order valence-electron chi connectivity index (χ2n) is 4.43. The zero-order valence-electron chi connectivity index (χ0n) is 8.44. The maximum atomic E-state index is 11.5. The van der Waals surface area contributed by atoms with E-state index < -0.39 is 0 Å². The highest BCUT2D eigenvalue weighted by Crippen LogP contribution is 2.37. The van der Waals surface area contributed by atoms with Gasteiger partial charge in [-0.25, -0.2) is 0 Å². The van der Waals surface area contributed by atoms with Crippen LogP contribution in [0, 0.1) is 5.92 Å². The van der Waals surface area contributed by atoms with Gasteiger partial charge in [0, 0.05) is 6.42 Å². The smallest absolute Gasteiger partial charge is 0.159 e. The van der Waals surface area contributed by atoms with Crippen LogP contribution in [0.15, 0.2) is 11.1 Å². The molecule has 1 fully saturated rings. The average Bonchev–Trinajstić information content (AvgIpc) is 2.31. The van der Waals surface area contributed by atoms with Crippen LogP contribution in [0.3, 0.4) is 0 Å². The van der Waals surface area contributed by atoms with Crippen LogP contribution < -0.4 is 0 Å². The number of fused-ring (bicyclic) bond motifs is 1. The van der Waals surface area contributed by atoms with E-state index in [1.54, 1.807) is 0 Å². The number of ketones is 1. The van der Waals surface area contributed by atoms with Gasteiger partial charge in [0.15, 0.2) is 5.78 Å². The second-order valence-corrected chi connectivity index (χ2v) is 4.43. The first-order chi connectivity index (χ1) is 6.29. The van der Waals surface area contributed by atoms with Gasteiger partial charge in [-0.3, -0.25) is 4.79 Å². The van der Waals surface area contributed by atoms with Gasteiger partial charge in [0.1, 0.15) is 0 Å². The Bertz CT molecular complexity index is 250. The highest BCUT2D eigenvalue weighted by molar-refractivity contribution is 5.98. The molecule has 1 heteroatoms. The molecule has 0 heterocycles. The molecule has 1 nitrogen and oxygen atoms in total. The number of hydrogen-bond acceptors (Lipinski definition) is 1. The Balaban J connectivity index is 2.17. The summed E-state index contributed by atoms with van der Waals surface area (Å²) < 4.78 is 0. The Hall–Kier alpha value is -0.590. The van der Waals surface area contributed by atoms with Gasteiger partial charge in [-0.05, 0) is 37.7 Å². The lowest BCUT2D eigenvalue weighted by molar-refractivity contribution is -0.115. The highest BCUT2D eigenvalue weighted by Gasteiger charge is 2.29. The Kier molecular flexibility index (Phi) is 2.52. The van der Waals surface area contributed by atoms with E-state index in [9.17, 15) is 4.79 Å². The molecule has 72 valence electrons. The summed E-state index contributed by atoms with van der Waals surface area (Å²) in [5.41, 5.74) is 2.61. The maximum Gasteiger partial charge on any atom is 0.159 e. The van der Waals surface area contributed by atoms with Crippen molar-refractivity contribution < 1.29 is 4.79 Å². The topological polar surface area (TPSA) is 17.1 Å². The van der Waals surface area contributed by atoms with E-state index in [4.69, 9.17) is 0 Å². The number of carbonyl (C=O) groups excluding carboxylic acids is 1. The summed E-state index contributed by atoms with van der Waals surface area (Å²) in [6, 6.07) is 0. The van der Waals surface area contributed by atoms with E-state index in [0.717, 1.165) is 12.0 Å². The monoisotopic (exact) mass is 178 g/mol. The molecule has 0 amide bonds. The predicted octanol–water partition coefficient (Wildman–Crippen LogP) is 3.25. The van der Waals surface area contributed by atoms with Gasteiger partial charge < -0.3 is 0 Å². The molecule has 0 radical (unpaired) electrons. The first-order valence-electron chi connectivity index (χ1n) is 5.52. The van der Waals surface area contributed by atoms with E-state index in [1.807, 2.05) is 6.92 Å². The second kappa shape index (κ2) is 3.65. The van der Waals surface area contributed by atoms with Crippen LogP contribution in [0.2, 0.25) is 0 Å². The van der Waals surface area contributed by atoms with Gasteiger partial charge in [-0.1, -0.05) is 24.8 Å². The number of rotatable bonds is 0. The quantitative estimate of drug-likeness (QED) is 0.556. The lowest BCUT2D eigenvalue weighted by Crippen LogP contribution is -2.03. The molecule has 0 N–H and O–H groups in total. The van der Waals surface area contributed by atoms with E-state index in [1.165, 1.54) is 44.1 Å². The number of carbonyl (C=O) groups is 1. The van der Waals surface area contributed by atoms with Crippen LogP contribution in [-0.2, 0) is 4.79 Å². The first-order valence-corrected chi connectivity index (χ1v) is 5.52. The van der Waals surface area contributed by atoms with Crippen LogP contribution in [0.1, 0.15) is 51.9 Å². The molecule has 0 spiro atoms. The third kappa shape index (κ3) is 1.70. The van der Waals surface area contributed by atoms with Gasteiger partial charge in [0.25, 0.3) is 0 Å². The summed E-state index contributed by atoms with van der Waals surface area (Å²) in [5.74, 6) is 1.05. The Morgan fingerprint density at radius 2 is 1.92 bits per heavy atom. The standard InChI is InChI=1S/C12H18O/c1-9-11-7-5-3-2-4-6-10(11)8-12(9)13/h10H,2-8H2,1H3. The lowest BCUT2D eigenvalue weighted by atomic mass is 9.88. The van der Waals surface area contributed by atoms with Crippen molar-refractivity contribution >= 4 is 5.78 Å². The largest absolute Gasteiger partial charge is 0.295 e. The molecule has 1 unspecified atom stereocenters. The SMILES string of the molecule is CC1=C2CCCCCCC2CC1=O. The molecule has 0 aliphatic heterocycles. The molecule has 0 saturated heterocycles. The van der Waals surface area contributed by atoms with Crippen molar-refractivity contribution in [3.63, 3.8) is 0 Å². The maximum absolute atomic E-state index is 11.5. The highest BCUT2D eigenvalue weighted by atomic mass is 16.1. The minimum absolute atomic E-state index is 0.418. The molecule has 13 heavy (non-hydrogen) atoms. The van der Waals surface area contributed by atoms with E-state index in [-0.39, 0.29) is 0 Å². The van der Waals surface area contributed by atoms with Gasteiger partial charge in [-0.15, -0.1) is 0 Å². The average molecular weight is 178 g/mol. The molecule has 2 rings (SSSR count). The van der Waals surface area contributed by atoms with Crippen LogP contribution in [0.4, 0.5) is 0 Å². The van der Waals surface area contributed by atoms with Crippen molar-refractivity contribution in [2.75, 3.05) is 0 Å². The van der Waals surface area contributed by atoms with Crippen LogP contribution >= 0.6 is 0 Å². The molecule has 1 atom stereocenters. The zero-order chi connectivity index (χ0) is 9.26. The summed E-state index contributed by atoms with van der Waals surface area (Å²) in [6.07, 6.45) is 8.64. The molecule has 1 saturated carbocycles. The van der Waals surface area contributed by atoms with Crippen molar-refractivity contribution in [3.05, 3.63) is 11.1 Å². The summed E-state index contributed by atoms with van der Waals surface area (Å²) in [5, 5.41) is 0. The molecular weight excluding hydrogens is 160 g/mol. The molecule has 2 aliphatic carbocycles. The van der Waals surface area contributed by atoms with Crippen molar-refractivity contribution in [3.8, 4) is 0 Å². The predicted molar refractivity (Wildman–Crippen MR) is 53.5 cm³/mol. The van der Waals surface area contributed by atoms with Crippen molar-refractivity contribution in [1.82, 2.24) is 0 Å². The Labute approximate surface area is 80.2 Å². The normalized spacial score (nSPS) is 29.9. The summed E-state index contributed by atoms with van der Waals surface area (Å²) >= 11 is 0. The fraction of sp³-hybridized carbons (Fsp3) is 0.750. The van der Waals surface area contributed by atoms with Crippen LogP contribution in [0.5, 0.6) is 0 Å². The van der Waals surface area contributed by atoms with E-state index in [0.29, 0.717) is 11.7 Å². The third-order valence-electron chi connectivity index (χ3n) is 3.57. The van der Waals surface area contributed by atoms with Crippen LogP contribution in [-0.4, -0.2) is 5.78 Å². The van der Waals surface area contributed by atoms with E-state index in [2.05, 4.69) is 0 Å². The van der Waals surface area contributed by atoms with Crippen molar-refractivity contribution in [1.29, 1.82) is 0 Å². The van der Waals surface area contributed by atoms with E-state index >= 15 is 0 Å². The van der Waals surface area contributed by atoms with Crippen molar-refractivity contribution in [2.45, 2.75) is 51.9 Å². The first kappa shape index (κ1) is 8.98. The third-order valence-corrected chi connectivity index (χ3v) is 3.57.